The minimum atomic E-state index is -0.0736. The monoisotopic (exact) mass is 285 g/mol. The number of benzene rings is 1. The number of nitrogens with zero attached hydrogens (tertiary/aromatic N) is 2. The van der Waals surface area contributed by atoms with Crippen LogP contribution in [-0.2, 0) is 0 Å². The van der Waals surface area contributed by atoms with Gasteiger partial charge in [-0.2, -0.15) is 0 Å². The molecule has 0 spiro atoms. The van der Waals surface area contributed by atoms with Crippen molar-refractivity contribution in [3.63, 3.8) is 0 Å². The van der Waals surface area contributed by atoms with Crippen LogP contribution in [0.2, 0.25) is 0 Å². The SMILES string of the molecule is Cc1nc(C)c(C(=O)N2CCN[C@H](c3ccccc3)C2)o1. The number of carbonyl (C=O) groups is 1. The third-order valence-corrected chi connectivity index (χ3v) is 3.76. The average Bonchev–Trinajstić information content (AvgIpc) is 2.86. The lowest BCUT2D eigenvalue weighted by atomic mass is 10.0. The van der Waals surface area contributed by atoms with Crippen LogP contribution < -0.4 is 5.32 Å². The molecule has 1 amide bonds. The van der Waals surface area contributed by atoms with Gasteiger partial charge in [0.15, 0.2) is 5.89 Å². The minimum absolute atomic E-state index is 0.0736. The van der Waals surface area contributed by atoms with Crippen LogP contribution in [0.15, 0.2) is 34.7 Å². The Balaban J connectivity index is 1.77. The molecule has 1 N–H and O–H groups in total. The summed E-state index contributed by atoms with van der Waals surface area (Å²) in [5.74, 6) is 0.822. The van der Waals surface area contributed by atoms with Gasteiger partial charge in [0.05, 0.1) is 5.69 Å². The molecule has 1 saturated heterocycles. The first-order valence-electron chi connectivity index (χ1n) is 7.17. The van der Waals surface area contributed by atoms with Crippen molar-refractivity contribution in [2.24, 2.45) is 0 Å². The van der Waals surface area contributed by atoms with Crippen molar-refractivity contribution < 1.29 is 9.21 Å². The fraction of sp³-hybridized carbons (Fsp3) is 0.375. The normalized spacial score (nSPS) is 18.8. The van der Waals surface area contributed by atoms with E-state index in [0.717, 1.165) is 6.54 Å². The minimum Gasteiger partial charge on any atom is -0.436 e. The summed E-state index contributed by atoms with van der Waals surface area (Å²) in [6.07, 6.45) is 0. The van der Waals surface area contributed by atoms with Gasteiger partial charge < -0.3 is 14.6 Å². The molecule has 2 heterocycles. The maximum Gasteiger partial charge on any atom is 0.291 e. The Kier molecular flexibility index (Phi) is 3.75. The summed E-state index contributed by atoms with van der Waals surface area (Å²) >= 11 is 0. The van der Waals surface area contributed by atoms with Gasteiger partial charge >= 0.3 is 0 Å². The molecule has 0 bridgehead atoms. The second-order valence-corrected chi connectivity index (χ2v) is 5.32. The molecule has 110 valence electrons. The summed E-state index contributed by atoms with van der Waals surface area (Å²) in [7, 11) is 0. The van der Waals surface area contributed by atoms with Crippen LogP contribution in [0.25, 0.3) is 0 Å². The van der Waals surface area contributed by atoms with Crippen LogP contribution in [0.4, 0.5) is 0 Å². The number of piperazine rings is 1. The smallest absolute Gasteiger partial charge is 0.291 e. The number of aromatic nitrogens is 1. The number of oxazole rings is 1. The molecule has 21 heavy (non-hydrogen) atoms. The Bertz CT molecular complexity index is 636. The van der Waals surface area contributed by atoms with Gasteiger partial charge in [-0.05, 0) is 12.5 Å². The zero-order valence-corrected chi connectivity index (χ0v) is 12.3. The van der Waals surface area contributed by atoms with Crippen LogP contribution >= 0.6 is 0 Å². The summed E-state index contributed by atoms with van der Waals surface area (Å²) in [6.45, 7) is 5.66. The lowest BCUT2D eigenvalue weighted by molar-refractivity contribution is 0.0668. The topological polar surface area (TPSA) is 58.4 Å². The molecule has 0 radical (unpaired) electrons. The van der Waals surface area contributed by atoms with Gasteiger partial charge in [-0.1, -0.05) is 30.3 Å². The van der Waals surface area contributed by atoms with Crippen LogP contribution in [0.5, 0.6) is 0 Å². The Hall–Kier alpha value is -2.14. The third kappa shape index (κ3) is 2.83. The van der Waals surface area contributed by atoms with E-state index >= 15 is 0 Å². The Morgan fingerprint density at radius 3 is 2.76 bits per heavy atom. The van der Waals surface area contributed by atoms with E-state index in [4.69, 9.17) is 4.42 Å². The molecule has 5 nitrogen and oxygen atoms in total. The maximum atomic E-state index is 12.6. The molecule has 1 aliphatic rings. The van der Waals surface area contributed by atoms with Crippen molar-refractivity contribution >= 4 is 5.91 Å². The van der Waals surface area contributed by atoms with E-state index in [-0.39, 0.29) is 11.9 Å². The van der Waals surface area contributed by atoms with Crippen molar-refractivity contribution in [2.45, 2.75) is 19.9 Å². The summed E-state index contributed by atoms with van der Waals surface area (Å²) < 4.78 is 5.45. The van der Waals surface area contributed by atoms with Gasteiger partial charge in [0.2, 0.25) is 5.76 Å². The average molecular weight is 285 g/mol. The van der Waals surface area contributed by atoms with Crippen LogP contribution in [-0.4, -0.2) is 35.4 Å². The predicted octanol–water partition coefficient (Wildman–Crippen LogP) is 2.08. The van der Waals surface area contributed by atoms with Gasteiger partial charge in [0, 0.05) is 32.6 Å². The highest BCUT2D eigenvalue weighted by Crippen LogP contribution is 2.20. The first kappa shape index (κ1) is 13.8. The van der Waals surface area contributed by atoms with Gasteiger partial charge in [-0.15, -0.1) is 0 Å². The molecule has 5 heteroatoms. The molecule has 1 aromatic heterocycles. The molecule has 3 rings (SSSR count). The van der Waals surface area contributed by atoms with Gasteiger partial charge in [0.1, 0.15) is 0 Å². The van der Waals surface area contributed by atoms with Crippen molar-refractivity contribution in [3.8, 4) is 0 Å². The zero-order valence-electron chi connectivity index (χ0n) is 12.3. The summed E-state index contributed by atoms with van der Waals surface area (Å²) in [5, 5.41) is 3.45. The number of nitrogens with one attached hydrogen (secondary N) is 1. The number of hydrogen-bond acceptors (Lipinski definition) is 4. The quantitative estimate of drug-likeness (QED) is 0.918. The fourth-order valence-corrected chi connectivity index (χ4v) is 2.72. The fourth-order valence-electron chi connectivity index (χ4n) is 2.72. The largest absolute Gasteiger partial charge is 0.436 e. The van der Waals surface area contributed by atoms with Crippen molar-refractivity contribution in [3.05, 3.63) is 53.2 Å². The van der Waals surface area contributed by atoms with E-state index in [1.165, 1.54) is 5.56 Å². The van der Waals surface area contributed by atoms with Gasteiger partial charge in [-0.3, -0.25) is 4.79 Å². The number of rotatable bonds is 2. The van der Waals surface area contributed by atoms with E-state index in [0.29, 0.717) is 30.4 Å². The summed E-state index contributed by atoms with van der Waals surface area (Å²) in [5.41, 5.74) is 1.85. The van der Waals surface area contributed by atoms with Gasteiger partial charge in [-0.25, -0.2) is 4.98 Å². The van der Waals surface area contributed by atoms with Gasteiger partial charge in [0.25, 0.3) is 5.91 Å². The summed E-state index contributed by atoms with van der Waals surface area (Å²) in [4.78, 5) is 18.6. The second kappa shape index (κ2) is 5.69. The van der Waals surface area contributed by atoms with Crippen LogP contribution in [0.3, 0.4) is 0 Å². The van der Waals surface area contributed by atoms with Crippen LogP contribution in [0.1, 0.15) is 33.7 Å². The molecular weight excluding hydrogens is 266 g/mol. The Morgan fingerprint density at radius 2 is 2.10 bits per heavy atom. The molecular formula is C16H19N3O2. The maximum absolute atomic E-state index is 12.6. The molecule has 0 saturated carbocycles. The first-order valence-corrected chi connectivity index (χ1v) is 7.17. The lowest BCUT2D eigenvalue weighted by Gasteiger charge is -2.33. The highest BCUT2D eigenvalue weighted by molar-refractivity contribution is 5.92. The number of carbonyl (C=O) groups excluding carboxylic acids is 1. The van der Waals surface area contributed by atoms with Crippen LogP contribution in [0, 0.1) is 13.8 Å². The lowest BCUT2D eigenvalue weighted by Crippen LogP contribution is -2.48. The van der Waals surface area contributed by atoms with E-state index < -0.39 is 0 Å². The van der Waals surface area contributed by atoms with E-state index in [1.54, 1.807) is 13.8 Å². The molecule has 1 aromatic carbocycles. The molecule has 0 aliphatic carbocycles. The van der Waals surface area contributed by atoms with Crippen molar-refractivity contribution in [1.82, 2.24) is 15.2 Å². The van der Waals surface area contributed by atoms with E-state index in [1.807, 2.05) is 23.1 Å². The highest BCUT2D eigenvalue weighted by atomic mass is 16.4. The number of hydrogen-bond donors (Lipinski definition) is 1. The van der Waals surface area contributed by atoms with E-state index in [2.05, 4.69) is 22.4 Å². The molecule has 1 aliphatic heterocycles. The number of amides is 1. The summed E-state index contributed by atoms with van der Waals surface area (Å²) in [6, 6.07) is 10.3. The second-order valence-electron chi connectivity index (χ2n) is 5.32. The molecule has 0 unspecified atom stereocenters. The molecule has 2 aromatic rings. The molecule has 1 fully saturated rings. The first-order chi connectivity index (χ1) is 10.1. The number of aryl methyl sites for hydroxylation is 2. The highest BCUT2D eigenvalue weighted by Gasteiger charge is 2.28. The Labute approximate surface area is 124 Å². The third-order valence-electron chi connectivity index (χ3n) is 3.76. The van der Waals surface area contributed by atoms with E-state index in [9.17, 15) is 4.79 Å². The zero-order chi connectivity index (χ0) is 14.8. The Morgan fingerprint density at radius 1 is 1.33 bits per heavy atom. The standard InChI is InChI=1S/C16H19N3O2/c1-11-15(21-12(2)18-11)16(20)19-9-8-17-14(10-19)13-6-4-3-5-7-13/h3-7,14,17H,8-10H2,1-2H3/t14-/m0/s1. The van der Waals surface area contributed by atoms with Crippen molar-refractivity contribution in [1.29, 1.82) is 0 Å². The predicted molar refractivity (Wildman–Crippen MR) is 79.1 cm³/mol. The van der Waals surface area contributed by atoms with Crippen molar-refractivity contribution in [2.75, 3.05) is 19.6 Å². The molecule has 1 atom stereocenters.